The normalized spacial score (nSPS) is 40.1. The van der Waals surface area contributed by atoms with Crippen LogP contribution < -0.4 is 0 Å². The Morgan fingerprint density at radius 3 is 2.75 bits per heavy atom. The van der Waals surface area contributed by atoms with E-state index >= 15 is 0 Å². The van der Waals surface area contributed by atoms with Crippen molar-refractivity contribution in [1.82, 2.24) is 4.90 Å². The average molecular weight is 225 g/mol. The molecule has 0 bridgehead atoms. The number of hydrogen-bond acceptors (Lipinski definition) is 2. The number of amides is 1. The van der Waals surface area contributed by atoms with Crippen LogP contribution in [0.5, 0.6) is 0 Å². The summed E-state index contributed by atoms with van der Waals surface area (Å²) < 4.78 is 0. The minimum absolute atomic E-state index is 0.174. The number of carbonyl (C=O) groups excluding carboxylic acids is 1. The van der Waals surface area contributed by atoms with E-state index in [0.29, 0.717) is 17.9 Å². The zero-order valence-electron chi connectivity index (χ0n) is 10.4. The Bertz CT molecular complexity index is 267. The largest absolute Gasteiger partial charge is 0.393 e. The van der Waals surface area contributed by atoms with Crippen LogP contribution in [-0.2, 0) is 4.79 Å². The lowest BCUT2D eigenvalue weighted by Crippen LogP contribution is -2.45. The van der Waals surface area contributed by atoms with Crippen molar-refractivity contribution in [3.63, 3.8) is 0 Å². The molecular weight excluding hydrogens is 202 g/mol. The topological polar surface area (TPSA) is 40.5 Å². The smallest absolute Gasteiger partial charge is 0.219 e. The number of rotatable bonds is 1. The molecule has 0 aromatic rings. The van der Waals surface area contributed by atoms with Crippen molar-refractivity contribution < 1.29 is 9.90 Å². The van der Waals surface area contributed by atoms with E-state index in [1.165, 1.54) is 0 Å². The molecule has 1 saturated heterocycles. The lowest BCUT2D eigenvalue weighted by Gasteiger charge is -2.39. The standard InChI is InChI=1S/C13H23NO2/c1-9-5-6-13(16)11(8-9)12-4-3-7-14(12)10(2)15/h9,11-13,16H,3-8H2,1-2H3/t9-,11+,12-,13+/m1/s1. The molecule has 1 saturated carbocycles. The minimum Gasteiger partial charge on any atom is -0.393 e. The minimum atomic E-state index is -0.193. The molecule has 1 amide bonds. The summed E-state index contributed by atoms with van der Waals surface area (Å²) >= 11 is 0. The van der Waals surface area contributed by atoms with Crippen LogP contribution in [0.3, 0.4) is 0 Å². The summed E-state index contributed by atoms with van der Waals surface area (Å²) in [5, 5.41) is 10.1. The van der Waals surface area contributed by atoms with E-state index in [4.69, 9.17) is 0 Å². The molecule has 3 heteroatoms. The van der Waals surface area contributed by atoms with Crippen LogP contribution in [0.25, 0.3) is 0 Å². The summed E-state index contributed by atoms with van der Waals surface area (Å²) in [6.07, 6.45) is 5.10. The lowest BCUT2D eigenvalue weighted by atomic mass is 9.76. The van der Waals surface area contributed by atoms with E-state index in [9.17, 15) is 9.90 Å². The molecule has 2 rings (SSSR count). The number of aliphatic hydroxyl groups is 1. The van der Waals surface area contributed by atoms with Gasteiger partial charge in [-0.2, -0.15) is 0 Å². The number of nitrogens with zero attached hydrogens (tertiary/aromatic N) is 1. The van der Waals surface area contributed by atoms with Gasteiger partial charge < -0.3 is 10.0 Å². The fourth-order valence-electron chi connectivity index (χ4n) is 3.45. The number of aliphatic hydroxyl groups excluding tert-OH is 1. The van der Waals surface area contributed by atoms with Gasteiger partial charge in [-0.15, -0.1) is 0 Å². The molecule has 4 atom stereocenters. The van der Waals surface area contributed by atoms with Crippen molar-refractivity contribution in [2.75, 3.05) is 6.54 Å². The Morgan fingerprint density at radius 2 is 2.06 bits per heavy atom. The molecule has 3 nitrogen and oxygen atoms in total. The van der Waals surface area contributed by atoms with Gasteiger partial charge >= 0.3 is 0 Å². The van der Waals surface area contributed by atoms with E-state index < -0.39 is 0 Å². The highest BCUT2D eigenvalue weighted by Gasteiger charge is 2.39. The quantitative estimate of drug-likeness (QED) is 0.739. The zero-order chi connectivity index (χ0) is 11.7. The second-order valence-corrected chi connectivity index (χ2v) is 5.57. The summed E-state index contributed by atoms with van der Waals surface area (Å²) in [5.41, 5.74) is 0. The van der Waals surface area contributed by atoms with Crippen LogP contribution >= 0.6 is 0 Å². The van der Waals surface area contributed by atoms with E-state index in [2.05, 4.69) is 6.92 Å². The van der Waals surface area contributed by atoms with Gasteiger partial charge in [0.25, 0.3) is 0 Å². The molecule has 1 heterocycles. The first-order chi connectivity index (χ1) is 7.59. The summed E-state index contributed by atoms with van der Waals surface area (Å²) in [7, 11) is 0. The van der Waals surface area contributed by atoms with Gasteiger partial charge in [-0.05, 0) is 38.0 Å². The molecule has 2 fully saturated rings. The lowest BCUT2D eigenvalue weighted by molar-refractivity contribution is -0.132. The molecule has 0 aromatic heterocycles. The third kappa shape index (κ3) is 2.24. The van der Waals surface area contributed by atoms with Crippen molar-refractivity contribution in [2.24, 2.45) is 11.8 Å². The van der Waals surface area contributed by atoms with E-state index in [1.807, 2.05) is 4.90 Å². The van der Waals surface area contributed by atoms with Crippen LogP contribution in [0, 0.1) is 11.8 Å². The van der Waals surface area contributed by atoms with Gasteiger partial charge in [0.1, 0.15) is 0 Å². The number of hydrogen-bond donors (Lipinski definition) is 1. The highest BCUT2D eigenvalue weighted by atomic mass is 16.3. The maximum absolute atomic E-state index is 11.5. The Hall–Kier alpha value is -0.570. The first-order valence-corrected chi connectivity index (χ1v) is 6.55. The van der Waals surface area contributed by atoms with E-state index in [-0.39, 0.29) is 12.0 Å². The molecule has 0 radical (unpaired) electrons. The third-order valence-corrected chi connectivity index (χ3v) is 4.32. The molecular formula is C13H23NO2. The van der Waals surface area contributed by atoms with Crippen molar-refractivity contribution in [2.45, 2.75) is 58.1 Å². The highest BCUT2D eigenvalue weighted by Crippen LogP contribution is 2.36. The molecule has 0 spiro atoms. The van der Waals surface area contributed by atoms with Gasteiger partial charge in [-0.1, -0.05) is 6.92 Å². The molecule has 1 aliphatic heterocycles. The molecule has 1 aliphatic carbocycles. The average Bonchev–Trinajstić information content (AvgIpc) is 2.70. The fraction of sp³-hybridized carbons (Fsp3) is 0.923. The van der Waals surface area contributed by atoms with Gasteiger partial charge in [0.15, 0.2) is 0 Å². The van der Waals surface area contributed by atoms with Gasteiger partial charge in [0.2, 0.25) is 5.91 Å². The maximum Gasteiger partial charge on any atom is 0.219 e. The Balaban J connectivity index is 2.07. The SMILES string of the molecule is CC(=O)N1CCC[C@@H]1[C@@H]1C[C@H](C)CC[C@@H]1O. The molecule has 92 valence electrons. The maximum atomic E-state index is 11.5. The molecule has 2 aliphatic rings. The Labute approximate surface area is 97.8 Å². The number of likely N-dealkylation sites (tertiary alicyclic amines) is 1. The van der Waals surface area contributed by atoms with Crippen LogP contribution in [0.2, 0.25) is 0 Å². The molecule has 0 unspecified atom stereocenters. The van der Waals surface area contributed by atoms with Crippen molar-refractivity contribution in [1.29, 1.82) is 0 Å². The Kier molecular flexibility index (Phi) is 3.53. The predicted molar refractivity (Wildman–Crippen MR) is 62.9 cm³/mol. The van der Waals surface area contributed by atoms with E-state index in [0.717, 1.165) is 38.6 Å². The van der Waals surface area contributed by atoms with E-state index in [1.54, 1.807) is 6.92 Å². The summed E-state index contributed by atoms with van der Waals surface area (Å²) in [6, 6.07) is 0.301. The van der Waals surface area contributed by atoms with Crippen LogP contribution in [-0.4, -0.2) is 34.6 Å². The van der Waals surface area contributed by atoms with Crippen molar-refractivity contribution in [3.8, 4) is 0 Å². The second kappa shape index (κ2) is 4.74. The molecule has 0 aromatic carbocycles. The van der Waals surface area contributed by atoms with Crippen LogP contribution in [0.4, 0.5) is 0 Å². The van der Waals surface area contributed by atoms with Crippen LogP contribution in [0.1, 0.15) is 46.0 Å². The second-order valence-electron chi connectivity index (χ2n) is 5.57. The van der Waals surface area contributed by atoms with Gasteiger partial charge in [0.05, 0.1) is 6.10 Å². The predicted octanol–water partition coefficient (Wildman–Crippen LogP) is 1.79. The first kappa shape index (κ1) is 11.9. The molecule has 1 N–H and O–H groups in total. The summed E-state index contributed by atoms with van der Waals surface area (Å²) in [6.45, 7) is 4.79. The van der Waals surface area contributed by atoms with Gasteiger partial charge in [0, 0.05) is 25.4 Å². The first-order valence-electron chi connectivity index (χ1n) is 6.55. The monoisotopic (exact) mass is 225 g/mol. The highest BCUT2D eigenvalue weighted by molar-refractivity contribution is 5.73. The zero-order valence-corrected chi connectivity index (χ0v) is 10.4. The van der Waals surface area contributed by atoms with Gasteiger partial charge in [-0.25, -0.2) is 0 Å². The third-order valence-electron chi connectivity index (χ3n) is 4.32. The van der Waals surface area contributed by atoms with Crippen molar-refractivity contribution >= 4 is 5.91 Å². The molecule has 16 heavy (non-hydrogen) atoms. The van der Waals surface area contributed by atoms with Gasteiger partial charge in [-0.3, -0.25) is 4.79 Å². The number of carbonyl (C=O) groups is 1. The Morgan fingerprint density at radius 1 is 1.31 bits per heavy atom. The van der Waals surface area contributed by atoms with Crippen LogP contribution in [0.15, 0.2) is 0 Å². The fourth-order valence-corrected chi connectivity index (χ4v) is 3.45. The summed E-state index contributed by atoms with van der Waals surface area (Å²) in [5.74, 6) is 1.19. The van der Waals surface area contributed by atoms with Crippen molar-refractivity contribution in [3.05, 3.63) is 0 Å². The summed E-state index contributed by atoms with van der Waals surface area (Å²) in [4.78, 5) is 13.5.